The molecule has 0 amide bonds. The van der Waals surface area contributed by atoms with Gasteiger partial charge in [0.05, 0.1) is 6.61 Å². The van der Waals surface area contributed by atoms with Crippen LogP contribution in [0.4, 0.5) is 0 Å². The predicted octanol–water partition coefficient (Wildman–Crippen LogP) is 2.69. The van der Waals surface area contributed by atoms with Gasteiger partial charge < -0.3 is 10.1 Å². The quantitative estimate of drug-likeness (QED) is 0.840. The molecule has 1 saturated carbocycles. The van der Waals surface area contributed by atoms with Gasteiger partial charge in [-0.15, -0.1) is 0 Å². The van der Waals surface area contributed by atoms with Crippen molar-refractivity contribution < 1.29 is 4.74 Å². The molecule has 2 nitrogen and oxygen atoms in total. The van der Waals surface area contributed by atoms with Crippen molar-refractivity contribution >= 4 is 0 Å². The normalized spacial score (nSPS) is 25.7. The van der Waals surface area contributed by atoms with Gasteiger partial charge in [0.25, 0.3) is 0 Å². The topological polar surface area (TPSA) is 21.3 Å². The van der Waals surface area contributed by atoms with Crippen LogP contribution in [0.1, 0.15) is 37.7 Å². The highest BCUT2D eigenvalue weighted by Crippen LogP contribution is 2.36. The average Bonchev–Trinajstić information content (AvgIpc) is 2.67. The van der Waals surface area contributed by atoms with Crippen molar-refractivity contribution in [2.24, 2.45) is 0 Å². The summed E-state index contributed by atoms with van der Waals surface area (Å²) in [5, 5.41) is 3.72. The van der Waals surface area contributed by atoms with Crippen LogP contribution in [0.5, 0.6) is 5.75 Å². The van der Waals surface area contributed by atoms with E-state index in [1.54, 1.807) is 0 Å². The Bertz CT molecular complexity index is 373. The Balaban J connectivity index is 1.71. The molecule has 1 aromatic rings. The van der Waals surface area contributed by atoms with E-state index in [2.05, 4.69) is 30.4 Å². The van der Waals surface area contributed by atoms with Crippen LogP contribution in [-0.2, 0) is 0 Å². The maximum absolute atomic E-state index is 5.73. The standard InChI is InChI=1S/C14H19NO/c1-10(15-11-5-4-6-11)13-9-16-14-8-3-2-7-12(13)14/h2-3,7-8,10-11,13,15H,4-6,9H2,1H3. The number of hydrogen-bond donors (Lipinski definition) is 1. The minimum Gasteiger partial charge on any atom is -0.493 e. The molecule has 86 valence electrons. The average molecular weight is 217 g/mol. The van der Waals surface area contributed by atoms with Gasteiger partial charge in [0.2, 0.25) is 0 Å². The molecule has 1 fully saturated rings. The number of ether oxygens (including phenoxy) is 1. The highest BCUT2D eigenvalue weighted by atomic mass is 16.5. The molecule has 2 aliphatic rings. The van der Waals surface area contributed by atoms with Gasteiger partial charge in [0, 0.05) is 23.6 Å². The van der Waals surface area contributed by atoms with Crippen molar-refractivity contribution in [3.63, 3.8) is 0 Å². The second kappa shape index (κ2) is 4.10. The number of rotatable bonds is 3. The van der Waals surface area contributed by atoms with Crippen LogP contribution in [0, 0.1) is 0 Å². The molecule has 0 saturated heterocycles. The molecule has 2 unspecified atom stereocenters. The highest BCUT2D eigenvalue weighted by Gasteiger charge is 2.30. The lowest BCUT2D eigenvalue weighted by Crippen LogP contribution is -2.44. The molecule has 0 radical (unpaired) electrons. The van der Waals surface area contributed by atoms with Crippen molar-refractivity contribution in [2.45, 2.75) is 44.2 Å². The van der Waals surface area contributed by atoms with Crippen molar-refractivity contribution in [3.8, 4) is 5.75 Å². The van der Waals surface area contributed by atoms with E-state index in [-0.39, 0.29) is 0 Å². The molecule has 0 aromatic heterocycles. The van der Waals surface area contributed by atoms with Gasteiger partial charge in [-0.2, -0.15) is 0 Å². The van der Waals surface area contributed by atoms with Crippen LogP contribution in [0.15, 0.2) is 24.3 Å². The van der Waals surface area contributed by atoms with E-state index >= 15 is 0 Å². The second-order valence-corrected chi connectivity index (χ2v) is 5.04. The Morgan fingerprint density at radius 3 is 2.88 bits per heavy atom. The lowest BCUT2D eigenvalue weighted by atomic mass is 9.89. The fourth-order valence-corrected chi connectivity index (χ4v) is 2.66. The van der Waals surface area contributed by atoms with Crippen LogP contribution in [0.2, 0.25) is 0 Å². The minimum absolute atomic E-state index is 0.522. The molecule has 16 heavy (non-hydrogen) atoms. The summed E-state index contributed by atoms with van der Waals surface area (Å²) in [6, 6.07) is 9.70. The monoisotopic (exact) mass is 217 g/mol. The summed E-state index contributed by atoms with van der Waals surface area (Å²) >= 11 is 0. The molecule has 2 atom stereocenters. The summed E-state index contributed by atoms with van der Waals surface area (Å²) in [6.45, 7) is 3.12. The summed E-state index contributed by atoms with van der Waals surface area (Å²) in [7, 11) is 0. The van der Waals surface area contributed by atoms with Crippen LogP contribution in [0.3, 0.4) is 0 Å². The zero-order valence-corrected chi connectivity index (χ0v) is 9.78. The molecule has 3 rings (SSSR count). The maximum Gasteiger partial charge on any atom is 0.122 e. The third-order valence-corrected chi connectivity index (χ3v) is 3.94. The van der Waals surface area contributed by atoms with E-state index in [0.29, 0.717) is 12.0 Å². The van der Waals surface area contributed by atoms with Gasteiger partial charge in [-0.25, -0.2) is 0 Å². The molecule has 0 bridgehead atoms. The van der Waals surface area contributed by atoms with E-state index < -0.39 is 0 Å². The Morgan fingerprint density at radius 1 is 1.31 bits per heavy atom. The number of hydrogen-bond acceptors (Lipinski definition) is 2. The van der Waals surface area contributed by atoms with Crippen molar-refractivity contribution in [1.82, 2.24) is 5.32 Å². The zero-order chi connectivity index (χ0) is 11.0. The number of para-hydroxylation sites is 1. The number of nitrogens with one attached hydrogen (secondary N) is 1. The van der Waals surface area contributed by atoms with Gasteiger partial charge in [-0.1, -0.05) is 24.6 Å². The Morgan fingerprint density at radius 2 is 2.12 bits per heavy atom. The summed E-state index contributed by atoms with van der Waals surface area (Å²) < 4.78 is 5.73. The fourth-order valence-electron chi connectivity index (χ4n) is 2.66. The van der Waals surface area contributed by atoms with Crippen LogP contribution in [0.25, 0.3) is 0 Å². The third-order valence-electron chi connectivity index (χ3n) is 3.94. The fraction of sp³-hybridized carbons (Fsp3) is 0.571. The van der Waals surface area contributed by atoms with E-state index in [4.69, 9.17) is 4.74 Å². The molecule has 2 heteroatoms. The minimum atomic E-state index is 0.522. The van der Waals surface area contributed by atoms with Crippen LogP contribution < -0.4 is 10.1 Å². The number of benzene rings is 1. The van der Waals surface area contributed by atoms with Crippen LogP contribution >= 0.6 is 0 Å². The Hall–Kier alpha value is -1.02. The smallest absolute Gasteiger partial charge is 0.122 e. The van der Waals surface area contributed by atoms with Gasteiger partial charge in [-0.05, 0) is 25.8 Å². The SMILES string of the molecule is CC(NC1CCC1)C1COc2ccccc21. The second-order valence-electron chi connectivity index (χ2n) is 5.04. The molecule has 0 spiro atoms. The van der Waals surface area contributed by atoms with Gasteiger partial charge in [0.15, 0.2) is 0 Å². The van der Waals surface area contributed by atoms with E-state index in [1.807, 2.05) is 6.07 Å². The summed E-state index contributed by atoms with van der Waals surface area (Å²) in [5.41, 5.74) is 1.38. The van der Waals surface area contributed by atoms with Gasteiger partial charge >= 0.3 is 0 Å². The summed E-state index contributed by atoms with van der Waals surface area (Å²) in [5.74, 6) is 1.60. The maximum atomic E-state index is 5.73. The Kier molecular flexibility index (Phi) is 2.60. The van der Waals surface area contributed by atoms with Crippen molar-refractivity contribution in [2.75, 3.05) is 6.61 Å². The lowest BCUT2D eigenvalue weighted by Gasteiger charge is -2.32. The predicted molar refractivity (Wildman–Crippen MR) is 64.9 cm³/mol. The zero-order valence-electron chi connectivity index (χ0n) is 9.78. The largest absolute Gasteiger partial charge is 0.493 e. The molecular weight excluding hydrogens is 198 g/mol. The molecule has 1 aliphatic heterocycles. The molecule has 1 heterocycles. The van der Waals surface area contributed by atoms with Gasteiger partial charge in [0.1, 0.15) is 5.75 Å². The molecule has 1 N–H and O–H groups in total. The van der Waals surface area contributed by atoms with E-state index in [9.17, 15) is 0 Å². The molecule has 1 aromatic carbocycles. The van der Waals surface area contributed by atoms with Crippen molar-refractivity contribution in [3.05, 3.63) is 29.8 Å². The third kappa shape index (κ3) is 1.71. The first kappa shape index (κ1) is 10.2. The van der Waals surface area contributed by atoms with E-state index in [1.165, 1.54) is 24.8 Å². The van der Waals surface area contributed by atoms with Crippen LogP contribution in [-0.4, -0.2) is 18.7 Å². The summed E-state index contributed by atoms with van der Waals surface area (Å²) in [6.07, 6.45) is 4.08. The first-order chi connectivity index (χ1) is 7.84. The number of fused-ring (bicyclic) bond motifs is 1. The molecular formula is C14H19NO. The lowest BCUT2D eigenvalue weighted by molar-refractivity contribution is 0.260. The first-order valence-electron chi connectivity index (χ1n) is 6.32. The van der Waals surface area contributed by atoms with Crippen molar-refractivity contribution in [1.29, 1.82) is 0 Å². The van der Waals surface area contributed by atoms with Gasteiger partial charge in [-0.3, -0.25) is 0 Å². The first-order valence-corrected chi connectivity index (χ1v) is 6.32. The van der Waals surface area contributed by atoms with E-state index in [0.717, 1.165) is 18.4 Å². The molecule has 1 aliphatic carbocycles. The summed E-state index contributed by atoms with van der Waals surface area (Å²) in [4.78, 5) is 0. The Labute approximate surface area is 97.0 Å². The highest BCUT2D eigenvalue weighted by molar-refractivity contribution is 5.40.